The van der Waals surface area contributed by atoms with Gasteiger partial charge in [0.15, 0.2) is 0 Å². The predicted octanol–water partition coefficient (Wildman–Crippen LogP) is 1.55. The molecule has 2 fully saturated rings. The van der Waals surface area contributed by atoms with Crippen LogP contribution in [-0.2, 0) is 9.59 Å². The van der Waals surface area contributed by atoms with Gasteiger partial charge in [-0.3, -0.25) is 4.79 Å². The van der Waals surface area contributed by atoms with Gasteiger partial charge in [-0.05, 0) is 37.5 Å². The molecule has 2 N–H and O–H groups in total. The molecule has 16 heavy (non-hydrogen) atoms. The third-order valence-corrected chi connectivity index (χ3v) is 3.62. The first-order valence-corrected chi connectivity index (χ1v) is 6.19. The van der Waals surface area contributed by atoms with Crippen molar-refractivity contribution in [2.24, 2.45) is 11.8 Å². The lowest BCUT2D eigenvalue weighted by atomic mass is 10.0. The maximum absolute atomic E-state index is 11.7. The summed E-state index contributed by atoms with van der Waals surface area (Å²) < 4.78 is 0. The highest BCUT2D eigenvalue weighted by molar-refractivity contribution is 5.84. The van der Waals surface area contributed by atoms with Crippen LogP contribution in [-0.4, -0.2) is 23.0 Å². The number of hydrogen-bond acceptors (Lipinski definition) is 2. The first kappa shape index (κ1) is 11.4. The van der Waals surface area contributed by atoms with E-state index in [-0.39, 0.29) is 11.8 Å². The summed E-state index contributed by atoms with van der Waals surface area (Å²) in [5.74, 6) is -0.313. The molecule has 0 aliphatic heterocycles. The number of carbonyl (C=O) groups excluding carboxylic acids is 1. The number of carboxylic acids is 1. The Kier molecular flexibility index (Phi) is 3.46. The van der Waals surface area contributed by atoms with Crippen molar-refractivity contribution in [1.82, 2.24) is 5.32 Å². The molecule has 0 radical (unpaired) electrons. The summed E-state index contributed by atoms with van der Waals surface area (Å²) in [7, 11) is 0. The summed E-state index contributed by atoms with van der Waals surface area (Å²) in [6.45, 7) is 0. The van der Waals surface area contributed by atoms with E-state index in [1.54, 1.807) is 0 Å². The highest BCUT2D eigenvalue weighted by Crippen LogP contribution is 2.33. The molecule has 2 aliphatic rings. The van der Waals surface area contributed by atoms with Gasteiger partial charge in [-0.15, -0.1) is 0 Å². The number of carboxylic acid groups (broad SMARTS) is 1. The summed E-state index contributed by atoms with van der Waals surface area (Å²) >= 11 is 0. The van der Waals surface area contributed by atoms with E-state index in [9.17, 15) is 9.59 Å². The van der Waals surface area contributed by atoms with Gasteiger partial charge in [-0.25, -0.2) is 4.79 Å². The standard InChI is InChI=1S/C12H19NO3/c14-10(7-8-3-1-2-4-8)13-11(12(15)16)9-5-6-9/h8-9,11H,1-7H2,(H,13,14)(H,15,16). The Morgan fingerprint density at radius 2 is 1.81 bits per heavy atom. The van der Waals surface area contributed by atoms with Crippen molar-refractivity contribution in [3.05, 3.63) is 0 Å². The Morgan fingerprint density at radius 1 is 1.19 bits per heavy atom. The Morgan fingerprint density at radius 3 is 2.31 bits per heavy atom. The average Bonchev–Trinajstić information content (AvgIpc) is 2.94. The molecule has 2 aliphatic carbocycles. The number of rotatable bonds is 5. The van der Waals surface area contributed by atoms with E-state index in [0.717, 1.165) is 25.7 Å². The van der Waals surface area contributed by atoms with Gasteiger partial charge in [-0.1, -0.05) is 12.8 Å². The van der Waals surface area contributed by atoms with E-state index in [4.69, 9.17) is 5.11 Å². The molecule has 0 saturated heterocycles. The molecule has 0 aromatic heterocycles. The van der Waals surface area contributed by atoms with Gasteiger partial charge in [0.25, 0.3) is 0 Å². The van der Waals surface area contributed by atoms with Crippen LogP contribution in [0.3, 0.4) is 0 Å². The fraction of sp³-hybridized carbons (Fsp3) is 0.833. The van der Waals surface area contributed by atoms with Crippen LogP contribution in [0.25, 0.3) is 0 Å². The minimum Gasteiger partial charge on any atom is -0.480 e. The zero-order valence-corrected chi connectivity index (χ0v) is 9.45. The molecule has 1 unspecified atom stereocenters. The van der Waals surface area contributed by atoms with Gasteiger partial charge in [0.2, 0.25) is 5.91 Å². The van der Waals surface area contributed by atoms with Crippen molar-refractivity contribution in [3.8, 4) is 0 Å². The summed E-state index contributed by atoms with van der Waals surface area (Å²) in [6.07, 6.45) is 7.03. The van der Waals surface area contributed by atoms with Gasteiger partial charge >= 0.3 is 5.97 Å². The smallest absolute Gasteiger partial charge is 0.326 e. The van der Waals surface area contributed by atoms with Gasteiger partial charge in [0, 0.05) is 6.42 Å². The monoisotopic (exact) mass is 225 g/mol. The molecule has 4 nitrogen and oxygen atoms in total. The van der Waals surface area contributed by atoms with E-state index in [2.05, 4.69) is 5.32 Å². The van der Waals surface area contributed by atoms with Crippen LogP contribution in [0.1, 0.15) is 44.9 Å². The van der Waals surface area contributed by atoms with Gasteiger partial charge in [-0.2, -0.15) is 0 Å². The molecular weight excluding hydrogens is 206 g/mol. The number of hydrogen-bond donors (Lipinski definition) is 2. The highest BCUT2D eigenvalue weighted by Gasteiger charge is 2.37. The lowest BCUT2D eigenvalue weighted by molar-refractivity contribution is -0.142. The SMILES string of the molecule is O=C(CC1CCCC1)NC(C(=O)O)C1CC1. The maximum atomic E-state index is 11.7. The average molecular weight is 225 g/mol. The largest absolute Gasteiger partial charge is 0.480 e. The molecule has 0 heterocycles. The van der Waals surface area contributed by atoms with Crippen molar-refractivity contribution < 1.29 is 14.7 Å². The van der Waals surface area contributed by atoms with Crippen LogP contribution in [0.2, 0.25) is 0 Å². The van der Waals surface area contributed by atoms with Gasteiger partial charge < -0.3 is 10.4 Å². The first-order chi connectivity index (χ1) is 7.66. The predicted molar refractivity (Wildman–Crippen MR) is 58.9 cm³/mol. The second-order valence-electron chi connectivity index (χ2n) is 5.08. The number of carbonyl (C=O) groups is 2. The summed E-state index contributed by atoms with van der Waals surface area (Å²) in [6, 6.07) is -0.645. The topological polar surface area (TPSA) is 66.4 Å². The van der Waals surface area contributed by atoms with Crippen LogP contribution in [0.15, 0.2) is 0 Å². The fourth-order valence-electron chi connectivity index (χ4n) is 2.52. The Bertz CT molecular complexity index is 280. The molecule has 0 aromatic carbocycles. The van der Waals surface area contributed by atoms with Crippen molar-refractivity contribution in [2.75, 3.05) is 0 Å². The minimum absolute atomic E-state index is 0.0776. The summed E-state index contributed by atoms with van der Waals surface area (Å²) in [4.78, 5) is 22.6. The van der Waals surface area contributed by atoms with Crippen LogP contribution in [0.5, 0.6) is 0 Å². The van der Waals surface area contributed by atoms with E-state index >= 15 is 0 Å². The van der Waals surface area contributed by atoms with Crippen molar-refractivity contribution in [2.45, 2.75) is 51.0 Å². The maximum Gasteiger partial charge on any atom is 0.326 e. The van der Waals surface area contributed by atoms with Crippen LogP contribution < -0.4 is 5.32 Å². The van der Waals surface area contributed by atoms with Crippen LogP contribution >= 0.6 is 0 Å². The normalized spacial score (nSPS) is 23.0. The Hall–Kier alpha value is -1.06. The molecule has 90 valence electrons. The molecule has 1 atom stereocenters. The number of amides is 1. The molecule has 4 heteroatoms. The van der Waals surface area contributed by atoms with Gasteiger partial charge in [0.1, 0.15) is 6.04 Å². The van der Waals surface area contributed by atoms with E-state index in [1.807, 2.05) is 0 Å². The fourth-order valence-corrected chi connectivity index (χ4v) is 2.52. The molecule has 2 rings (SSSR count). The van der Waals surface area contributed by atoms with Crippen molar-refractivity contribution in [3.63, 3.8) is 0 Å². The number of nitrogens with one attached hydrogen (secondary N) is 1. The Balaban J connectivity index is 1.77. The molecule has 1 amide bonds. The third kappa shape index (κ3) is 2.97. The van der Waals surface area contributed by atoms with Crippen molar-refractivity contribution in [1.29, 1.82) is 0 Å². The lowest BCUT2D eigenvalue weighted by Gasteiger charge is -2.15. The minimum atomic E-state index is -0.887. The Labute approximate surface area is 95.4 Å². The lowest BCUT2D eigenvalue weighted by Crippen LogP contribution is -2.42. The molecular formula is C12H19NO3. The van der Waals surface area contributed by atoms with Gasteiger partial charge in [0.05, 0.1) is 0 Å². The number of aliphatic carboxylic acids is 1. The zero-order chi connectivity index (χ0) is 11.5. The molecule has 0 spiro atoms. The third-order valence-electron chi connectivity index (χ3n) is 3.62. The molecule has 2 saturated carbocycles. The quantitative estimate of drug-likeness (QED) is 0.746. The first-order valence-electron chi connectivity index (χ1n) is 6.19. The van der Waals surface area contributed by atoms with Crippen LogP contribution in [0, 0.1) is 11.8 Å². The van der Waals surface area contributed by atoms with E-state index < -0.39 is 12.0 Å². The van der Waals surface area contributed by atoms with Crippen LogP contribution in [0.4, 0.5) is 0 Å². The molecule has 0 bridgehead atoms. The summed E-state index contributed by atoms with van der Waals surface area (Å²) in [5, 5.41) is 11.6. The van der Waals surface area contributed by atoms with Crippen molar-refractivity contribution >= 4 is 11.9 Å². The summed E-state index contributed by atoms with van der Waals surface area (Å²) in [5.41, 5.74) is 0. The second-order valence-corrected chi connectivity index (χ2v) is 5.08. The zero-order valence-electron chi connectivity index (χ0n) is 9.45. The molecule has 0 aromatic rings. The second kappa shape index (κ2) is 4.85. The van der Waals surface area contributed by atoms with E-state index in [0.29, 0.717) is 12.3 Å². The van der Waals surface area contributed by atoms with E-state index in [1.165, 1.54) is 12.8 Å². The highest BCUT2D eigenvalue weighted by atomic mass is 16.4.